The highest BCUT2D eigenvalue weighted by Gasteiger charge is 2.29. The molecule has 0 saturated carbocycles. The number of sulfonamides is 1. The van der Waals surface area contributed by atoms with Gasteiger partial charge in [0.2, 0.25) is 10.0 Å². The first-order valence-corrected chi connectivity index (χ1v) is 8.73. The van der Waals surface area contributed by atoms with Crippen molar-refractivity contribution < 1.29 is 27.0 Å². The lowest BCUT2D eigenvalue weighted by Crippen LogP contribution is -2.40. The Hall–Kier alpha value is -1.25. The molecule has 0 radical (unpaired) electrons. The first-order valence-electron chi connectivity index (χ1n) is 7.12. The number of rotatable bonds is 6. The van der Waals surface area contributed by atoms with E-state index in [2.05, 4.69) is 0 Å². The summed E-state index contributed by atoms with van der Waals surface area (Å²) >= 11 is 0. The van der Waals surface area contributed by atoms with Crippen LogP contribution in [0.2, 0.25) is 0 Å². The van der Waals surface area contributed by atoms with Crippen LogP contribution in [-0.2, 0) is 14.8 Å². The molecule has 1 atom stereocenters. The Morgan fingerprint density at radius 1 is 1.32 bits per heavy atom. The van der Waals surface area contributed by atoms with Crippen molar-refractivity contribution >= 4 is 15.7 Å². The quantitative estimate of drug-likeness (QED) is 0.859. The summed E-state index contributed by atoms with van der Waals surface area (Å²) < 4.78 is 58.0. The summed E-state index contributed by atoms with van der Waals surface area (Å²) in [6.45, 7) is -0.260. The highest BCUT2D eigenvalue weighted by Crippen LogP contribution is 2.25. The van der Waals surface area contributed by atoms with Gasteiger partial charge in [-0.3, -0.25) is 4.31 Å². The average molecular weight is 335 g/mol. The Morgan fingerprint density at radius 2 is 2.09 bits per heavy atom. The lowest BCUT2D eigenvalue weighted by molar-refractivity contribution is 0.0305. The molecule has 1 aromatic carbocycles. The van der Waals surface area contributed by atoms with Crippen molar-refractivity contribution in [1.82, 2.24) is 0 Å². The van der Waals surface area contributed by atoms with Gasteiger partial charge in [0, 0.05) is 12.7 Å². The molecular weight excluding hydrogens is 316 g/mol. The number of aliphatic hydroxyl groups is 1. The third-order valence-corrected chi connectivity index (χ3v) is 5.33. The first-order chi connectivity index (χ1) is 10.4. The van der Waals surface area contributed by atoms with Gasteiger partial charge in [0.05, 0.1) is 30.7 Å². The van der Waals surface area contributed by atoms with Crippen LogP contribution >= 0.6 is 0 Å². The Bertz CT molecular complexity index is 603. The van der Waals surface area contributed by atoms with E-state index >= 15 is 0 Å². The number of nitrogens with zero attached hydrogens (tertiary/aromatic N) is 1. The molecule has 0 amide bonds. The largest absolute Gasteiger partial charge is 0.394 e. The zero-order chi connectivity index (χ0) is 16.2. The van der Waals surface area contributed by atoms with Gasteiger partial charge in [-0.15, -0.1) is 0 Å². The maximum atomic E-state index is 13.9. The number of ether oxygens (including phenoxy) is 1. The molecule has 0 bridgehead atoms. The van der Waals surface area contributed by atoms with Crippen molar-refractivity contribution in [2.75, 3.05) is 29.8 Å². The summed E-state index contributed by atoms with van der Waals surface area (Å²) in [6, 6.07) is 2.65. The molecule has 1 heterocycles. The SMILES string of the molecule is O=S(=O)(CC1CCCCO1)N(CCO)c1ccc(F)cc1F. The number of hydrogen-bond donors (Lipinski definition) is 1. The molecule has 8 heteroatoms. The van der Waals surface area contributed by atoms with Crippen LogP contribution in [0.1, 0.15) is 19.3 Å². The number of halogens is 2. The van der Waals surface area contributed by atoms with E-state index in [1.54, 1.807) is 0 Å². The van der Waals surface area contributed by atoms with E-state index in [-0.39, 0.29) is 18.0 Å². The second-order valence-corrected chi connectivity index (χ2v) is 7.10. The fourth-order valence-electron chi connectivity index (χ4n) is 2.45. The van der Waals surface area contributed by atoms with Crippen LogP contribution in [0.4, 0.5) is 14.5 Å². The topological polar surface area (TPSA) is 66.8 Å². The maximum Gasteiger partial charge on any atom is 0.237 e. The predicted molar refractivity (Wildman–Crippen MR) is 78.2 cm³/mol. The molecule has 1 saturated heterocycles. The highest BCUT2D eigenvalue weighted by molar-refractivity contribution is 7.92. The predicted octanol–water partition coefficient (Wildman–Crippen LogP) is 1.66. The van der Waals surface area contributed by atoms with Crippen molar-refractivity contribution in [2.24, 2.45) is 0 Å². The summed E-state index contributed by atoms with van der Waals surface area (Å²) in [7, 11) is -3.89. The molecule has 124 valence electrons. The molecule has 22 heavy (non-hydrogen) atoms. The van der Waals surface area contributed by atoms with Gasteiger partial charge in [0.1, 0.15) is 11.6 Å². The summed E-state index contributed by atoms with van der Waals surface area (Å²) in [6.07, 6.45) is 1.95. The standard InChI is InChI=1S/C14H19F2NO4S/c15-11-4-5-14(13(16)9-11)17(6-7-18)22(19,20)10-12-3-1-2-8-21-12/h4-5,9,12,18H,1-3,6-8,10H2. The van der Waals surface area contributed by atoms with Crippen molar-refractivity contribution in [3.05, 3.63) is 29.8 Å². The zero-order valence-corrected chi connectivity index (χ0v) is 12.9. The smallest absolute Gasteiger partial charge is 0.237 e. The highest BCUT2D eigenvalue weighted by atomic mass is 32.2. The number of benzene rings is 1. The summed E-state index contributed by atoms with van der Waals surface area (Å²) in [5.41, 5.74) is -0.272. The minimum absolute atomic E-state index is 0.272. The van der Waals surface area contributed by atoms with Crippen LogP contribution in [0, 0.1) is 11.6 Å². The van der Waals surface area contributed by atoms with Crippen molar-refractivity contribution in [1.29, 1.82) is 0 Å². The van der Waals surface area contributed by atoms with E-state index in [0.717, 1.165) is 29.3 Å². The molecule has 1 aliphatic rings. The zero-order valence-electron chi connectivity index (χ0n) is 12.0. The molecule has 5 nitrogen and oxygen atoms in total. The van der Waals surface area contributed by atoms with E-state index in [1.807, 2.05) is 0 Å². The van der Waals surface area contributed by atoms with Crippen molar-refractivity contribution in [2.45, 2.75) is 25.4 Å². The second-order valence-electron chi connectivity index (χ2n) is 5.16. The fraction of sp³-hybridized carbons (Fsp3) is 0.571. The van der Waals surface area contributed by atoms with Crippen LogP contribution < -0.4 is 4.31 Å². The monoisotopic (exact) mass is 335 g/mol. The third kappa shape index (κ3) is 4.15. The summed E-state index contributed by atoms with van der Waals surface area (Å²) in [4.78, 5) is 0. The Morgan fingerprint density at radius 3 is 2.68 bits per heavy atom. The molecule has 1 aliphatic heterocycles. The maximum absolute atomic E-state index is 13.9. The minimum atomic E-state index is -3.89. The lowest BCUT2D eigenvalue weighted by atomic mass is 10.1. The first kappa shape index (κ1) is 17.1. The van der Waals surface area contributed by atoms with Gasteiger partial charge in [-0.2, -0.15) is 0 Å². The fourth-order valence-corrected chi connectivity index (χ4v) is 4.17. The van der Waals surface area contributed by atoms with Crippen molar-refractivity contribution in [3.63, 3.8) is 0 Å². The molecule has 1 unspecified atom stereocenters. The number of hydrogen-bond acceptors (Lipinski definition) is 4. The van der Waals surface area contributed by atoms with Crippen molar-refractivity contribution in [3.8, 4) is 0 Å². The van der Waals surface area contributed by atoms with Crippen LogP contribution in [0.5, 0.6) is 0 Å². The molecule has 1 N–H and O–H groups in total. The average Bonchev–Trinajstić information content (AvgIpc) is 2.46. The molecule has 0 aromatic heterocycles. The van der Waals surface area contributed by atoms with Gasteiger partial charge in [0.15, 0.2) is 0 Å². The van der Waals surface area contributed by atoms with Gasteiger partial charge in [-0.25, -0.2) is 17.2 Å². The summed E-state index contributed by atoms with van der Waals surface area (Å²) in [5.74, 6) is -2.07. The summed E-state index contributed by atoms with van der Waals surface area (Å²) in [5, 5.41) is 9.08. The Balaban J connectivity index is 2.25. The molecule has 1 aromatic rings. The molecule has 0 spiro atoms. The molecule has 1 fully saturated rings. The second kappa shape index (κ2) is 7.34. The normalized spacial score (nSPS) is 19.1. The van der Waals surface area contributed by atoms with E-state index in [4.69, 9.17) is 9.84 Å². The van der Waals surface area contributed by atoms with E-state index in [9.17, 15) is 17.2 Å². The van der Waals surface area contributed by atoms with E-state index in [1.165, 1.54) is 0 Å². The van der Waals surface area contributed by atoms with Crippen LogP contribution in [-0.4, -0.2) is 45.1 Å². The van der Waals surface area contributed by atoms with Crippen LogP contribution in [0.15, 0.2) is 18.2 Å². The van der Waals surface area contributed by atoms with Crippen LogP contribution in [0.3, 0.4) is 0 Å². The lowest BCUT2D eigenvalue weighted by Gasteiger charge is -2.28. The van der Waals surface area contributed by atoms with Gasteiger partial charge >= 0.3 is 0 Å². The molecular formula is C14H19F2NO4S. The van der Waals surface area contributed by atoms with Gasteiger partial charge < -0.3 is 9.84 Å². The molecule has 0 aliphatic carbocycles. The third-order valence-electron chi connectivity index (χ3n) is 3.49. The number of anilines is 1. The van der Waals surface area contributed by atoms with Gasteiger partial charge in [-0.1, -0.05) is 0 Å². The Kier molecular flexibility index (Phi) is 5.71. The molecule has 2 rings (SSSR count). The van der Waals surface area contributed by atoms with E-state index in [0.29, 0.717) is 19.1 Å². The minimum Gasteiger partial charge on any atom is -0.394 e. The van der Waals surface area contributed by atoms with E-state index < -0.39 is 34.4 Å². The van der Waals surface area contributed by atoms with Crippen LogP contribution in [0.25, 0.3) is 0 Å². The number of aliphatic hydroxyl groups excluding tert-OH is 1. The van der Waals surface area contributed by atoms with Gasteiger partial charge in [-0.05, 0) is 31.4 Å². The Labute approximate surface area is 128 Å². The van der Waals surface area contributed by atoms with Gasteiger partial charge in [0.25, 0.3) is 0 Å².